The summed E-state index contributed by atoms with van der Waals surface area (Å²) >= 11 is 0. The van der Waals surface area contributed by atoms with E-state index in [1.807, 2.05) is 13.0 Å². The third-order valence-corrected chi connectivity index (χ3v) is 3.86. The van der Waals surface area contributed by atoms with Crippen LogP contribution < -0.4 is 10.6 Å². The van der Waals surface area contributed by atoms with Gasteiger partial charge in [-0.15, -0.1) is 0 Å². The zero-order chi connectivity index (χ0) is 15.2. The molecule has 0 aromatic heterocycles. The summed E-state index contributed by atoms with van der Waals surface area (Å²) < 4.78 is 5.13. The van der Waals surface area contributed by atoms with Crippen LogP contribution in [0.3, 0.4) is 0 Å². The normalized spacial score (nSPS) is 16.0. The first kappa shape index (κ1) is 15.6. The third kappa shape index (κ3) is 3.88. The Balaban J connectivity index is 2.04. The molecule has 1 aliphatic heterocycles. The smallest absolute Gasteiger partial charge is 0.338 e. The van der Waals surface area contributed by atoms with Crippen LogP contribution in [0.1, 0.15) is 30.6 Å². The molecule has 0 spiro atoms. The van der Waals surface area contributed by atoms with Gasteiger partial charge in [-0.2, -0.15) is 0 Å². The number of carbonyl (C=O) groups excluding carboxylic acids is 1. The molecule has 1 heterocycles. The maximum Gasteiger partial charge on any atom is 0.338 e. The van der Waals surface area contributed by atoms with Gasteiger partial charge in [-0.05, 0) is 31.2 Å². The molecule has 0 aliphatic carbocycles. The molecule has 21 heavy (non-hydrogen) atoms. The lowest BCUT2D eigenvalue weighted by Crippen LogP contribution is -2.46. The molecular weight excluding hydrogens is 266 g/mol. The Morgan fingerprint density at radius 3 is 2.52 bits per heavy atom. The maximum atomic E-state index is 11.8. The van der Waals surface area contributed by atoms with Crippen LogP contribution in [0.4, 0.5) is 11.4 Å². The molecule has 1 aromatic carbocycles. The van der Waals surface area contributed by atoms with E-state index in [9.17, 15) is 4.79 Å². The minimum absolute atomic E-state index is 0.300. The van der Waals surface area contributed by atoms with Crippen molar-refractivity contribution in [3.63, 3.8) is 0 Å². The SMILES string of the molecule is CCCOC(=O)c1ccc(N2CCN(CC)CC2)c(N)c1. The van der Waals surface area contributed by atoms with E-state index in [-0.39, 0.29) is 5.97 Å². The molecule has 2 N–H and O–H groups in total. The number of likely N-dealkylation sites (N-methyl/N-ethyl adjacent to an activating group) is 1. The van der Waals surface area contributed by atoms with Crippen molar-refractivity contribution in [2.45, 2.75) is 20.3 Å². The van der Waals surface area contributed by atoms with E-state index >= 15 is 0 Å². The van der Waals surface area contributed by atoms with E-state index < -0.39 is 0 Å². The van der Waals surface area contributed by atoms with Crippen LogP contribution >= 0.6 is 0 Å². The summed E-state index contributed by atoms with van der Waals surface area (Å²) in [7, 11) is 0. The average Bonchev–Trinajstić information content (AvgIpc) is 2.52. The zero-order valence-electron chi connectivity index (χ0n) is 13.0. The van der Waals surface area contributed by atoms with Gasteiger partial charge < -0.3 is 20.3 Å². The number of nitrogens with two attached hydrogens (primary N) is 1. The lowest BCUT2D eigenvalue weighted by atomic mass is 10.1. The van der Waals surface area contributed by atoms with Gasteiger partial charge in [-0.3, -0.25) is 0 Å². The van der Waals surface area contributed by atoms with Gasteiger partial charge in [0.25, 0.3) is 0 Å². The number of piperazine rings is 1. The molecule has 1 fully saturated rings. The van der Waals surface area contributed by atoms with Crippen LogP contribution in [0, 0.1) is 0 Å². The number of rotatable bonds is 5. The number of nitrogens with zero attached hydrogens (tertiary/aromatic N) is 2. The monoisotopic (exact) mass is 291 g/mol. The summed E-state index contributed by atoms with van der Waals surface area (Å²) in [6.07, 6.45) is 0.820. The quantitative estimate of drug-likeness (QED) is 0.664. The second-order valence-electron chi connectivity index (χ2n) is 5.33. The first-order valence-corrected chi connectivity index (χ1v) is 7.69. The fraction of sp³-hybridized carbons (Fsp3) is 0.562. The van der Waals surface area contributed by atoms with Gasteiger partial charge in [0.1, 0.15) is 0 Å². The van der Waals surface area contributed by atoms with Gasteiger partial charge in [-0.25, -0.2) is 4.79 Å². The number of esters is 1. The summed E-state index contributed by atoms with van der Waals surface area (Å²) in [5, 5.41) is 0. The number of hydrogen-bond acceptors (Lipinski definition) is 5. The fourth-order valence-corrected chi connectivity index (χ4v) is 2.55. The molecule has 1 saturated heterocycles. The van der Waals surface area contributed by atoms with E-state index in [0.29, 0.717) is 17.9 Å². The molecule has 0 unspecified atom stereocenters. The van der Waals surface area contributed by atoms with E-state index in [1.54, 1.807) is 12.1 Å². The number of carbonyl (C=O) groups is 1. The van der Waals surface area contributed by atoms with Crippen LogP contribution in [-0.4, -0.2) is 50.2 Å². The second kappa shape index (κ2) is 7.31. The fourth-order valence-electron chi connectivity index (χ4n) is 2.55. The molecule has 5 heteroatoms. The minimum atomic E-state index is -0.300. The highest BCUT2D eigenvalue weighted by Crippen LogP contribution is 2.25. The van der Waals surface area contributed by atoms with Gasteiger partial charge >= 0.3 is 5.97 Å². The Kier molecular flexibility index (Phi) is 5.44. The third-order valence-electron chi connectivity index (χ3n) is 3.86. The van der Waals surface area contributed by atoms with Crippen molar-refractivity contribution in [3.05, 3.63) is 23.8 Å². The zero-order valence-corrected chi connectivity index (χ0v) is 13.0. The molecule has 0 bridgehead atoms. The predicted octanol–water partition coefficient (Wildman–Crippen LogP) is 1.98. The Hall–Kier alpha value is -1.75. The van der Waals surface area contributed by atoms with E-state index in [2.05, 4.69) is 16.7 Å². The average molecular weight is 291 g/mol. The Labute approximate surface area is 126 Å². The van der Waals surface area contributed by atoms with Gasteiger partial charge in [-0.1, -0.05) is 13.8 Å². The highest BCUT2D eigenvalue weighted by Gasteiger charge is 2.18. The van der Waals surface area contributed by atoms with Crippen molar-refractivity contribution in [2.24, 2.45) is 0 Å². The van der Waals surface area contributed by atoms with Crippen LogP contribution in [0.2, 0.25) is 0 Å². The Morgan fingerprint density at radius 1 is 1.24 bits per heavy atom. The first-order chi connectivity index (χ1) is 10.2. The molecule has 0 atom stereocenters. The summed E-state index contributed by atoms with van der Waals surface area (Å²) in [6, 6.07) is 5.45. The maximum absolute atomic E-state index is 11.8. The Bertz CT molecular complexity index is 482. The number of ether oxygens (including phenoxy) is 1. The molecule has 116 valence electrons. The molecular formula is C16H25N3O2. The number of benzene rings is 1. The van der Waals surface area contributed by atoms with Crippen molar-refractivity contribution in [3.8, 4) is 0 Å². The number of anilines is 2. The molecule has 5 nitrogen and oxygen atoms in total. The molecule has 1 aromatic rings. The first-order valence-electron chi connectivity index (χ1n) is 7.69. The topological polar surface area (TPSA) is 58.8 Å². The van der Waals surface area contributed by atoms with Crippen LogP contribution in [0.25, 0.3) is 0 Å². The molecule has 0 saturated carbocycles. The number of hydrogen-bond donors (Lipinski definition) is 1. The van der Waals surface area contributed by atoms with Crippen molar-refractivity contribution < 1.29 is 9.53 Å². The molecule has 0 amide bonds. The van der Waals surface area contributed by atoms with Gasteiger partial charge in [0.05, 0.1) is 23.5 Å². The lowest BCUT2D eigenvalue weighted by Gasteiger charge is -2.36. The van der Waals surface area contributed by atoms with Gasteiger partial charge in [0.15, 0.2) is 0 Å². The lowest BCUT2D eigenvalue weighted by molar-refractivity contribution is 0.0505. The predicted molar refractivity (Wildman–Crippen MR) is 85.8 cm³/mol. The van der Waals surface area contributed by atoms with Crippen LogP contribution in [-0.2, 0) is 4.74 Å². The van der Waals surface area contributed by atoms with Crippen LogP contribution in [0.15, 0.2) is 18.2 Å². The summed E-state index contributed by atoms with van der Waals surface area (Å²) in [5.74, 6) is -0.300. The molecule has 1 aliphatic rings. The molecule has 0 radical (unpaired) electrons. The van der Waals surface area contributed by atoms with Gasteiger partial charge in [0.2, 0.25) is 0 Å². The number of nitrogen functional groups attached to an aromatic ring is 1. The second-order valence-corrected chi connectivity index (χ2v) is 5.33. The van der Waals surface area contributed by atoms with E-state index in [0.717, 1.165) is 44.8 Å². The summed E-state index contributed by atoms with van der Waals surface area (Å²) in [5.41, 5.74) is 8.30. The highest BCUT2D eigenvalue weighted by atomic mass is 16.5. The van der Waals surface area contributed by atoms with Crippen molar-refractivity contribution in [1.29, 1.82) is 0 Å². The largest absolute Gasteiger partial charge is 0.462 e. The van der Waals surface area contributed by atoms with Crippen LogP contribution in [0.5, 0.6) is 0 Å². The van der Waals surface area contributed by atoms with Crippen molar-refractivity contribution in [2.75, 3.05) is 50.0 Å². The molecule has 2 rings (SSSR count). The minimum Gasteiger partial charge on any atom is -0.462 e. The standard InChI is InChI=1S/C16H25N3O2/c1-3-11-21-16(20)13-5-6-15(14(17)12-13)19-9-7-18(4-2)8-10-19/h5-6,12H,3-4,7-11,17H2,1-2H3. The van der Waals surface area contributed by atoms with Gasteiger partial charge in [0, 0.05) is 26.2 Å². The summed E-state index contributed by atoms with van der Waals surface area (Å²) in [6.45, 7) is 9.73. The van der Waals surface area contributed by atoms with Crippen molar-refractivity contribution >= 4 is 17.3 Å². The van der Waals surface area contributed by atoms with Crippen molar-refractivity contribution in [1.82, 2.24) is 4.90 Å². The summed E-state index contributed by atoms with van der Waals surface area (Å²) in [4.78, 5) is 16.5. The highest BCUT2D eigenvalue weighted by molar-refractivity contribution is 5.92. The van der Waals surface area contributed by atoms with E-state index in [1.165, 1.54) is 0 Å². The Morgan fingerprint density at radius 2 is 1.95 bits per heavy atom. The van der Waals surface area contributed by atoms with E-state index in [4.69, 9.17) is 10.5 Å².